The summed E-state index contributed by atoms with van der Waals surface area (Å²) >= 11 is 0. The highest BCUT2D eigenvalue weighted by Crippen LogP contribution is 2.49. The molecule has 1 aliphatic carbocycles. The van der Waals surface area contributed by atoms with Crippen molar-refractivity contribution in [3.05, 3.63) is 53.8 Å². The fraction of sp³-hybridized carbons (Fsp3) is 0.444. The fourth-order valence-corrected chi connectivity index (χ4v) is 3.82. The second kappa shape index (κ2) is 4.97. The van der Waals surface area contributed by atoms with Crippen molar-refractivity contribution in [2.75, 3.05) is 4.90 Å². The average molecular weight is 289 g/mol. The highest BCUT2D eigenvalue weighted by atomic mass is 19.3. The fourth-order valence-electron chi connectivity index (χ4n) is 3.82. The van der Waals surface area contributed by atoms with E-state index in [-0.39, 0.29) is 5.41 Å². The summed E-state index contributed by atoms with van der Waals surface area (Å²) in [6.07, 6.45) is 5.53. The van der Waals surface area contributed by atoms with Crippen LogP contribution in [0.5, 0.6) is 0 Å². The van der Waals surface area contributed by atoms with E-state index in [0.717, 1.165) is 12.1 Å². The minimum atomic E-state index is -2.40. The molecule has 1 nitrogen and oxygen atoms in total. The second-order valence-electron chi connectivity index (χ2n) is 6.69. The van der Waals surface area contributed by atoms with Crippen LogP contribution in [0.1, 0.15) is 44.2 Å². The molecule has 0 saturated carbocycles. The number of hydrogen-bond donors (Lipinski definition) is 0. The third kappa shape index (κ3) is 2.29. The van der Waals surface area contributed by atoms with Gasteiger partial charge >= 0.3 is 0 Å². The molecule has 0 N–H and O–H groups in total. The lowest BCUT2D eigenvalue weighted by molar-refractivity contribution is 0.132. The Balaban J connectivity index is 2.11. The standard InChI is InChI=1S/C18H21F2N/c1-12-11-18(2,3)13-7-6-9-14(16(12)13)21-10-5-4-8-15(21)17(19)20/h4-10,12,15,17H,11H2,1-3H3. The van der Waals surface area contributed by atoms with Gasteiger partial charge in [-0.1, -0.05) is 45.1 Å². The summed E-state index contributed by atoms with van der Waals surface area (Å²) in [7, 11) is 0. The Morgan fingerprint density at radius 3 is 2.71 bits per heavy atom. The molecule has 21 heavy (non-hydrogen) atoms. The number of hydrogen-bond acceptors (Lipinski definition) is 1. The first-order valence-corrected chi connectivity index (χ1v) is 7.46. The van der Waals surface area contributed by atoms with Gasteiger partial charge < -0.3 is 4.90 Å². The molecule has 2 atom stereocenters. The van der Waals surface area contributed by atoms with Gasteiger partial charge in [0.15, 0.2) is 0 Å². The molecule has 2 unspecified atom stereocenters. The molecule has 3 heteroatoms. The average Bonchev–Trinajstić information content (AvgIpc) is 2.69. The Kier molecular flexibility index (Phi) is 3.39. The molecule has 0 fully saturated rings. The van der Waals surface area contributed by atoms with Crippen LogP contribution in [0, 0.1) is 0 Å². The predicted octanol–water partition coefficient (Wildman–Crippen LogP) is 5.00. The number of halogens is 2. The largest absolute Gasteiger partial charge is 0.335 e. The van der Waals surface area contributed by atoms with E-state index in [0.29, 0.717) is 5.92 Å². The lowest BCUT2D eigenvalue weighted by Gasteiger charge is -2.32. The zero-order chi connectivity index (χ0) is 15.2. The first kappa shape index (κ1) is 14.3. The van der Waals surface area contributed by atoms with Crippen LogP contribution in [0.2, 0.25) is 0 Å². The van der Waals surface area contributed by atoms with Crippen molar-refractivity contribution in [2.24, 2.45) is 0 Å². The van der Waals surface area contributed by atoms with E-state index in [1.165, 1.54) is 11.1 Å². The van der Waals surface area contributed by atoms with Crippen molar-refractivity contribution < 1.29 is 8.78 Å². The van der Waals surface area contributed by atoms with E-state index in [1.54, 1.807) is 23.3 Å². The summed E-state index contributed by atoms with van der Waals surface area (Å²) in [4.78, 5) is 1.72. The Bertz CT molecular complexity index is 601. The number of anilines is 1. The van der Waals surface area contributed by atoms with Crippen molar-refractivity contribution in [1.29, 1.82) is 0 Å². The third-order valence-electron chi connectivity index (χ3n) is 4.65. The van der Waals surface area contributed by atoms with E-state index in [4.69, 9.17) is 0 Å². The number of benzene rings is 1. The van der Waals surface area contributed by atoms with Gasteiger partial charge in [-0.15, -0.1) is 0 Å². The van der Waals surface area contributed by atoms with Gasteiger partial charge in [0, 0.05) is 11.9 Å². The Labute approximate surface area is 125 Å². The van der Waals surface area contributed by atoms with Crippen LogP contribution >= 0.6 is 0 Å². The van der Waals surface area contributed by atoms with Crippen LogP contribution in [0.3, 0.4) is 0 Å². The number of nitrogens with zero attached hydrogens (tertiary/aromatic N) is 1. The monoisotopic (exact) mass is 289 g/mol. The van der Waals surface area contributed by atoms with Crippen LogP contribution in [-0.2, 0) is 5.41 Å². The first-order chi connectivity index (χ1) is 9.92. The van der Waals surface area contributed by atoms with Gasteiger partial charge in [0.05, 0.1) is 0 Å². The van der Waals surface area contributed by atoms with Gasteiger partial charge in [0.2, 0.25) is 0 Å². The molecule has 1 heterocycles. The number of allylic oxidation sites excluding steroid dienone is 2. The Morgan fingerprint density at radius 2 is 2.00 bits per heavy atom. The SMILES string of the molecule is CC1CC(C)(C)c2cccc(N3C=CC=CC3C(F)F)c21. The quantitative estimate of drug-likeness (QED) is 0.741. The summed E-state index contributed by atoms with van der Waals surface area (Å²) in [5.41, 5.74) is 3.56. The van der Waals surface area contributed by atoms with E-state index >= 15 is 0 Å². The number of fused-ring (bicyclic) bond motifs is 1. The minimum Gasteiger partial charge on any atom is -0.335 e. The van der Waals surface area contributed by atoms with Gasteiger partial charge in [0.25, 0.3) is 6.43 Å². The van der Waals surface area contributed by atoms with Crippen LogP contribution < -0.4 is 4.90 Å². The predicted molar refractivity (Wildman–Crippen MR) is 83.1 cm³/mol. The van der Waals surface area contributed by atoms with E-state index in [1.807, 2.05) is 18.2 Å². The Morgan fingerprint density at radius 1 is 1.24 bits per heavy atom. The smallest absolute Gasteiger partial charge is 0.262 e. The molecular weight excluding hydrogens is 268 g/mol. The molecule has 1 aliphatic heterocycles. The number of alkyl halides is 2. The van der Waals surface area contributed by atoms with Crippen molar-refractivity contribution >= 4 is 5.69 Å². The van der Waals surface area contributed by atoms with Crippen LogP contribution in [0.4, 0.5) is 14.5 Å². The number of rotatable bonds is 2. The van der Waals surface area contributed by atoms with Gasteiger partial charge in [-0.25, -0.2) is 8.78 Å². The minimum absolute atomic E-state index is 0.112. The maximum atomic E-state index is 13.3. The van der Waals surface area contributed by atoms with Gasteiger partial charge in [0.1, 0.15) is 6.04 Å². The summed E-state index contributed by atoms with van der Waals surface area (Å²) in [6, 6.07) is 5.22. The molecule has 0 bridgehead atoms. The first-order valence-electron chi connectivity index (χ1n) is 7.46. The maximum absolute atomic E-state index is 13.3. The lowest BCUT2D eigenvalue weighted by atomic mass is 9.86. The van der Waals surface area contributed by atoms with E-state index < -0.39 is 12.5 Å². The second-order valence-corrected chi connectivity index (χ2v) is 6.69. The topological polar surface area (TPSA) is 3.24 Å². The summed E-state index contributed by atoms with van der Waals surface area (Å²) in [5, 5.41) is 0. The zero-order valence-electron chi connectivity index (χ0n) is 12.7. The molecule has 0 radical (unpaired) electrons. The molecule has 1 aromatic carbocycles. The molecule has 1 aromatic rings. The Hall–Kier alpha value is -1.64. The zero-order valence-corrected chi connectivity index (χ0v) is 12.7. The third-order valence-corrected chi connectivity index (χ3v) is 4.65. The van der Waals surface area contributed by atoms with Crippen LogP contribution in [0.15, 0.2) is 42.6 Å². The summed E-state index contributed by atoms with van der Waals surface area (Å²) < 4.78 is 26.7. The molecular formula is C18H21F2N. The van der Waals surface area contributed by atoms with E-state index in [2.05, 4.69) is 26.8 Å². The highest BCUT2D eigenvalue weighted by molar-refractivity contribution is 5.65. The summed E-state index contributed by atoms with van der Waals surface area (Å²) in [5.74, 6) is 0.392. The molecule has 2 aliphatic rings. The van der Waals surface area contributed by atoms with Crippen LogP contribution in [0.25, 0.3) is 0 Å². The maximum Gasteiger partial charge on any atom is 0.262 e. The van der Waals surface area contributed by atoms with Crippen molar-refractivity contribution in [3.63, 3.8) is 0 Å². The lowest BCUT2D eigenvalue weighted by Crippen LogP contribution is -2.37. The molecule has 0 aromatic heterocycles. The molecule has 0 spiro atoms. The van der Waals surface area contributed by atoms with Gasteiger partial charge in [-0.05, 0) is 41.0 Å². The van der Waals surface area contributed by atoms with Crippen LogP contribution in [-0.4, -0.2) is 12.5 Å². The molecule has 0 amide bonds. The molecule has 112 valence electrons. The molecule has 3 rings (SSSR count). The summed E-state index contributed by atoms with van der Waals surface area (Å²) in [6.45, 7) is 6.66. The van der Waals surface area contributed by atoms with Gasteiger partial charge in [-0.3, -0.25) is 0 Å². The van der Waals surface area contributed by atoms with Crippen molar-refractivity contribution in [2.45, 2.75) is 51.0 Å². The van der Waals surface area contributed by atoms with E-state index in [9.17, 15) is 8.78 Å². The highest BCUT2D eigenvalue weighted by Gasteiger charge is 2.38. The van der Waals surface area contributed by atoms with Gasteiger partial charge in [-0.2, -0.15) is 0 Å². The van der Waals surface area contributed by atoms with Crippen molar-refractivity contribution in [3.8, 4) is 0 Å². The molecule has 0 saturated heterocycles. The van der Waals surface area contributed by atoms with Crippen molar-refractivity contribution in [1.82, 2.24) is 0 Å². The normalized spacial score (nSPS) is 26.5.